The summed E-state index contributed by atoms with van der Waals surface area (Å²) in [6.07, 6.45) is -3.35. The monoisotopic (exact) mass is 426 g/mol. The summed E-state index contributed by atoms with van der Waals surface area (Å²) < 4.78 is 41.3. The Bertz CT molecular complexity index is 956. The van der Waals surface area contributed by atoms with Crippen molar-refractivity contribution >= 4 is 17.4 Å². The van der Waals surface area contributed by atoms with Crippen molar-refractivity contribution in [3.8, 4) is 0 Å². The number of aliphatic hydroxyl groups excluding tert-OH is 1. The van der Waals surface area contributed by atoms with Gasteiger partial charge in [-0.25, -0.2) is 9.50 Å². The van der Waals surface area contributed by atoms with Gasteiger partial charge < -0.3 is 15.3 Å². The number of hydrogen-bond donors (Lipinski definition) is 3. The van der Waals surface area contributed by atoms with Crippen molar-refractivity contribution in [2.24, 2.45) is 11.8 Å². The van der Waals surface area contributed by atoms with E-state index in [0.29, 0.717) is 30.9 Å². The number of nitrogens with zero attached hydrogens (tertiary/aromatic N) is 4. The third kappa shape index (κ3) is 3.83. The molecular weight excluding hydrogens is 401 g/mol. The van der Waals surface area contributed by atoms with E-state index in [4.69, 9.17) is 0 Å². The molecule has 4 rings (SSSR count). The summed E-state index contributed by atoms with van der Waals surface area (Å²) in [4.78, 5) is 18.8. The molecule has 1 aliphatic carbocycles. The first kappa shape index (κ1) is 20.9. The van der Waals surface area contributed by atoms with Crippen molar-refractivity contribution < 1.29 is 23.1 Å². The Morgan fingerprint density at radius 3 is 2.63 bits per heavy atom. The zero-order valence-corrected chi connectivity index (χ0v) is 16.9. The van der Waals surface area contributed by atoms with Crippen LogP contribution in [0.5, 0.6) is 0 Å². The van der Waals surface area contributed by atoms with E-state index in [2.05, 4.69) is 20.7 Å². The van der Waals surface area contributed by atoms with Gasteiger partial charge in [0.15, 0.2) is 12.0 Å². The fourth-order valence-corrected chi connectivity index (χ4v) is 3.79. The van der Waals surface area contributed by atoms with Gasteiger partial charge in [-0.1, -0.05) is 13.8 Å². The third-order valence-electron chi connectivity index (χ3n) is 5.76. The van der Waals surface area contributed by atoms with E-state index in [-0.39, 0.29) is 23.2 Å². The molecule has 2 aliphatic rings. The molecule has 1 aliphatic heterocycles. The van der Waals surface area contributed by atoms with Crippen LogP contribution >= 0.6 is 0 Å². The molecule has 3 atom stereocenters. The molecule has 1 amide bonds. The minimum Gasteiger partial charge on any atom is -0.361 e. The maximum atomic E-state index is 13.3. The quantitative estimate of drug-likeness (QED) is 0.675. The average Bonchev–Trinajstić information content (AvgIpc) is 3.26. The summed E-state index contributed by atoms with van der Waals surface area (Å²) in [7, 11) is 0. The first-order valence-corrected chi connectivity index (χ1v) is 10.00. The van der Waals surface area contributed by atoms with E-state index in [1.807, 2.05) is 13.8 Å². The van der Waals surface area contributed by atoms with Gasteiger partial charge in [0.25, 0.3) is 5.91 Å². The number of hydrogen-bond acceptors (Lipinski definition) is 6. The van der Waals surface area contributed by atoms with Crippen LogP contribution in [0.15, 0.2) is 12.3 Å². The van der Waals surface area contributed by atoms with Gasteiger partial charge in [0.1, 0.15) is 17.4 Å². The Morgan fingerprint density at radius 1 is 1.37 bits per heavy atom. The van der Waals surface area contributed by atoms with Crippen molar-refractivity contribution in [3.05, 3.63) is 23.5 Å². The number of halogens is 3. The number of amides is 1. The highest BCUT2D eigenvalue weighted by molar-refractivity contribution is 6.00. The van der Waals surface area contributed by atoms with Gasteiger partial charge in [0.05, 0.1) is 6.20 Å². The number of anilines is 1. The van der Waals surface area contributed by atoms with Crippen LogP contribution in [0.2, 0.25) is 0 Å². The van der Waals surface area contributed by atoms with E-state index >= 15 is 0 Å². The highest BCUT2D eigenvalue weighted by Crippen LogP contribution is 2.40. The molecule has 1 saturated carbocycles. The molecule has 2 aromatic heterocycles. The largest absolute Gasteiger partial charge is 0.408 e. The Labute approximate surface area is 171 Å². The van der Waals surface area contributed by atoms with E-state index in [1.165, 1.54) is 10.7 Å². The van der Waals surface area contributed by atoms with E-state index < -0.39 is 30.4 Å². The molecule has 3 heterocycles. The zero-order chi connectivity index (χ0) is 21.8. The fraction of sp³-hybridized carbons (Fsp3) is 0.632. The van der Waals surface area contributed by atoms with Crippen LogP contribution in [-0.2, 0) is 0 Å². The smallest absolute Gasteiger partial charge is 0.361 e. The normalized spacial score (nSPS) is 23.4. The number of carbonyl (C=O) groups excluding carboxylic acids is 1. The van der Waals surface area contributed by atoms with E-state index in [9.17, 15) is 23.1 Å². The Kier molecular flexibility index (Phi) is 5.13. The van der Waals surface area contributed by atoms with Crippen LogP contribution in [0, 0.1) is 18.8 Å². The van der Waals surface area contributed by atoms with Crippen molar-refractivity contribution in [1.82, 2.24) is 25.2 Å². The maximum Gasteiger partial charge on any atom is 0.408 e. The predicted molar refractivity (Wildman–Crippen MR) is 103 cm³/mol. The minimum atomic E-state index is -4.51. The number of nitrogens with one attached hydrogen (secondary N) is 2. The molecule has 3 unspecified atom stereocenters. The van der Waals surface area contributed by atoms with Crippen LogP contribution in [0.3, 0.4) is 0 Å². The van der Waals surface area contributed by atoms with Gasteiger partial charge in [-0.05, 0) is 31.6 Å². The lowest BCUT2D eigenvalue weighted by atomic mass is 10.1. The Morgan fingerprint density at radius 2 is 2.07 bits per heavy atom. The summed E-state index contributed by atoms with van der Waals surface area (Å²) in [6.45, 7) is 6.33. The summed E-state index contributed by atoms with van der Waals surface area (Å²) in [6, 6.07) is -0.101. The summed E-state index contributed by atoms with van der Waals surface area (Å²) >= 11 is 0. The van der Waals surface area contributed by atoms with Crippen LogP contribution in [-0.4, -0.2) is 56.8 Å². The summed E-state index contributed by atoms with van der Waals surface area (Å²) in [5.41, 5.74) is 0.764. The van der Waals surface area contributed by atoms with Gasteiger partial charge in [-0.15, -0.1) is 0 Å². The molecule has 164 valence electrons. The van der Waals surface area contributed by atoms with E-state index in [0.717, 1.165) is 0 Å². The van der Waals surface area contributed by atoms with Crippen molar-refractivity contribution in [2.75, 3.05) is 11.4 Å². The van der Waals surface area contributed by atoms with Gasteiger partial charge in [0.2, 0.25) is 0 Å². The van der Waals surface area contributed by atoms with Crippen LogP contribution < -0.4 is 15.5 Å². The molecular formula is C19H25F3N6O2. The lowest BCUT2D eigenvalue weighted by Crippen LogP contribution is -2.46. The van der Waals surface area contributed by atoms with Crippen molar-refractivity contribution in [1.29, 1.82) is 0 Å². The van der Waals surface area contributed by atoms with E-state index in [1.54, 1.807) is 17.9 Å². The third-order valence-corrected chi connectivity index (χ3v) is 5.76. The van der Waals surface area contributed by atoms with Gasteiger partial charge in [-0.3, -0.25) is 10.1 Å². The Balaban J connectivity index is 1.65. The standard InChI is InChI=1S/C19H25F3N6O2/c1-9(2)13-8-27(18(30)24-13)14-6-10(3)28-16(25-14)12(7-23-28)17(29)26-15(11-4-5-11)19(20,21)22/h6-7,9,11,13,15,18,24,30H,4-5,8H2,1-3H3,(H,26,29). The minimum absolute atomic E-state index is 0.0306. The first-order chi connectivity index (χ1) is 14.1. The molecule has 0 aromatic carbocycles. The molecule has 30 heavy (non-hydrogen) atoms. The number of rotatable bonds is 5. The lowest BCUT2D eigenvalue weighted by molar-refractivity contribution is -0.158. The molecule has 1 saturated heterocycles. The molecule has 8 nitrogen and oxygen atoms in total. The topological polar surface area (TPSA) is 94.8 Å². The summed E-state index contributed by atoms with van der Waals surface area (Å²) in [5, 5.41) is 19.7. The number of alkyl halides is 3. The number of fused-ring (bicyclic) bond motifs is 1. The predicted octanol–water partition coefficient (Wildman–Crippen LogP) is 1.82. The summed E-state index contributed by atoms with van der Waals surface area (Å²) in [5.74, 6) is -0.733. The Hall–Kier alpha value is -2.40. The molecule has 0 bridgehead atoms. The molecule has 3 N–H and O–H groups in total. The SMILES string of the molecule is Cc1cc(N2CC(C(C)C)NC2O)nc2c(C(=O)NC(C3CC3)C(F)(F)F)cnn12. The molecule has 0 spiro atoms. The molecule has 11 heteroatoms. The van der Waals surface area contributed by atoms with Gasteiger partial charge in [0, 0.05) is 24.3 Å². The highest BCUT2D eigenvalue weighted by Gasteiger charge is 2.50. The zero-order valence-electron chi connectivity index (χ0n) is 16.9. The van der Waals surface area contributed by atoms with Crippen LogP contribution in [0.4, 0.5) is 19.0 Å². The maximum absolute atomic E-state index is 13.3. The average molecular weight is 426 g/mol. The number of aryl methyl sites for hydroxylation is 1. The lowest BCUT2D eigenvalue weighted by Gasteiger charge is -2.22. The second-order valence-corrected chi connectivity index (χ2v) is 8.42. The molecule has 0 radical (unpaired) electrons. The van der Waals surface area contributed by atoms with Crippen LogP contribution in [0.1, 0.15) is 42.7 Å². The fourth-order valence-electron chi connectivity index (χ4n) is 3.79. The molecule has 2 aromatic rings. The van der Waals surface area contributed by atoms with Gasteiger partial charge in [-0.2, -0.15) is 18.3 Å². The molecule has 2 fully saturated rings. The van der Waals surface area contributed by atoms with Crippen molar-refractivity contribution in [2.45, 2.75) is 58.2 Å². The van der Waals surface area contributed by atoms with Crippen molar-refractivity contribution in [3.63, 3.8) is 0 Å². The van der Waals surface area contributed by atoms with Gasteiger partial charge >= 0.3 is 6.18 Å². The number of aromatic nitrogens is 3. The number of aliphatic hydroxyl groups is 1. The second kappa shape index (κ2) is 7.38. The number of carbonyl (C=O) groups is 1. The first-order valence-electron chi connectivity index (χ1n) is 10.00. The van der Waals surface area contributed by atoms with Crippen LogP contribution in [0.25, 0.3) is 5.65 Å². The second-order valence-electron chi connectivity index (χ2n) is 8.42. The highest BCUT2D eigenvalue weighted by atomic mass is 19.4.